The number of aromatic nitrogens is 1. The Hall–Kier alpha value is -1.56. The second-order valence-electron chi connectivity index (χ2n) is 4.40. The number of rotatable bonds is 4. The van der Waals surface area contributed by atoms with Gasteiger partial charge in [0.05, 0.1) is 5.56 Å². The summed E-state index contributed by atoms with van der Waals surface area (Å²) in [6.07, 6.45) is 2.49. The number of fused-ring (bicyclic) bond motifs is 1. The summed E-state index contributed by atoms with van der Waals surface area (Å²) in [6, 6.07) is 2.32. The smallest absolute Gasteiger partial charge is 0.256 e. The van der Waals surface area contributed by atoms with Crippen molar-refractivity contribution in [3.63, 3.8) is 0 Å². The third-order valence-electron chi connectivity index (χ3n) is 2.84. The van der Waals surface area contributed by atoms with Gasteiger partial charge in [0.25, 0.3) is 11.1 Å². The van der Waals surface area contributed by atoms with Gasteiger partial charge in [0.1, 0.15) is 11.3 Å². The number of carbonyl (C=O) groups is 1. The maximum absolute atomic E-state index is 13.3. The molecule has 0 aliphatic heterocycles. The van der Waals surface area contributed by atoms with Gasteiger partial charge in [0.15, 0.2) is 5.58 Å². The number of primary amides is 1. The van der Waals surface area contributed by atoms with E-state index in [0.29, 0.717) is 10.7 Å². The minimum Gasteiger partial charge on any atom is -0.430 e. The van der Waals surface area contributed by atoms with E-state index < -0.39 is 11.7 Å². The molecule has 94 valence electrons. The lowest BCUT2D eigenvalue weighted by molar-refractivity contribution is 0.100. The van der Waals surface area contributed by atoms with Crippen molar-refractivity contribution >= 4 is 28.8 Å². The van der Waals surface area contributed by atoms with Gasteiger partial charge >= 0.3 is 0 Å². The van der Waals surface area contributed by atoms with E-state index >= 15 is 0 Å². The zero-order valence-corrected chi connectivity index (χ0v) is 10.3. The summed E-state index contributed by atoms with van der Waals surface area (Å²) in [4.78, 5) is 15.4. The Labute approximate surface area is 107 Å². The van der Waals surface area contributed by atoms with Gasteiger partial charge in [-0.3, -0.25) is 4.79 Å². The van der Waals surface area contributed by atoms with Crippen molar-refractivity contribution < 1.29 is 13.6 Å². The zero-order chi connectivity index (χ0) is 12.7. The van der Waals surface area contributed by atoms with Crippen LogP contribution in [0.4, 0.5) is 4.39 Å². The molecule has 0 atom stereocenters. The monoisotopic (exact) mass is 266 g/mol. The number of oxazole rings is 1. The maximum atomic E-state index is 13.3. The molecule has 1 aliphatic carbocycles. The molecule has 0 unspecified atom stereocenters. The van der Waals surface area contributed by atoms with Crippen LogP contribution in [-0.2, 0) is 0 Å². The van der Waals surface area contributed by atoms with Crippen LogP contribution in [0.3, 0.4) is 0 Å². The van der Waals surface area contributed by atoms with Crippen LogP contribution < -0.4 is 5.73 Å². The highest BCUT2D eigenvalue weighted by atomic mass is 32.2. The number of halogens is 1. The molecule has 0 bridgehead atoms. The number of nitrogens with zero attached hydrogens (tertiary/aromatic N) is 1. The molecule has 1 amide bonds. The Balaban J connectivity index is 1.98. The van der Waals surface area contributed by atoms with E-state index in [1.807, 2.05) is 0 Å². The van der Waals surface area contributed by atoms with Gasteiger partial charge in [-0.2, -0.15) is 0 Å². The molecule has 1 heterocycles. The van der Waals surface area contributed by atoms with Crippen molar-refractivity contribution in [2.24, 2.45) is 11.7 Å². The van der Waals surface area contributed by atoms with Crippen molar-refractivity contribution in [3.05, 3.63) is 23.5 Å². The van der Waals surface area contributed by atoms with E-state index in [0.717, 1.165) is 17.7 Å². The fourth-order valence-electron chi connectivity index (χ4n) is 1.70. The van der Waals surface area contributed by atoms with Crippen molar-refractivity contribution in [2.45, 2.75) is 18.1 Å². The van der Waals surface area contributed by atoms with E-state index in [-0.39, 0.29) is 11.1 Å². The van der Waals surface area contributed by atoms with E-state index in [2.05, 4.69) is 4.98 Å². The minimum atomic E-state index is -0.714. The topological polar surface area (TPSA) is 69.1 Å². The summed E-state index contributed by atoms with van der Waals surface area (Å²) in [5.41, 5.74) is 5.83. The predicted molar refractivity (Wildman–Crippen MR) is 65.9 cm³/mol. The van der Waals surface area contributed by atoms with Crippen LogP contribution in [0, 0.1) is 11.7 Å². The first kappa shape index (κ1) is 11.5. The first-order valence-electron chi connectivity index (χ1n) is 5.66. The largest absolute Gasteiger partial charge is 0.430 e. The molecule has 0 radical (unpaired) electrons. The first-order chi connectivity index (χ1) is 8.63. The highest BCUT2D eigenvalue weighted by Crippen LogP contribution is 2.36. The Morgan fingerprint density at radius 3 is 3.00 bits per heavy atom. The Kier molecular flexibility index (Phi) is 2.74. The summed E-state index contributed by atoms with van der Waals surface area (Å²) in [5, 5.41) is 0.463. The molecule has 4 nitrogen and oxygen atoms in total. The maximum Gasteiger partial charge on any atom is 0.256 e. The number of thioether (sulfide) groups is 1. The third-order valence-corrected chi connectivity index (χ3v) is 3.90. The average molecular weight is 266 g/mol. The predicted octanol–water partition coefficient (Wildman–Crippen LogP) is 2.57. The van der Waals surface area contributed by atoms with Crippen molar-refractivity contribution in [1.82, 2.24) is 4.98 Å². The lowest BCUT2D eigenvalue weighted by Crippen LogP contribution is -2.11. The highest BCUT2D eigenvalue weighted by Gasteiger charge is 2.23. The van der Waals surface area contributed by atoms with Crippen LogP contribution in [0.25, 0.3) is 11.1 Å². The van der Waals surface area contributed by atoms with Crippen LogP contribution in [0.15, 0.2) is 21.8 Å². The molecule has 1 saturated carbocycles. The standard InChI is InChI=1S/C12H11FN2O2S/c13-7-3-8(11(14)16)10-9(4-7)15-12(17-10)18-5-6-1-2-6/h3-4,6H,1-2,5H2,(H2,14,16). The first-order valence-corrected chi connectivity index (χ1v) is 6.65. The van der Waals surface area contributed by atoms with E-state index in [9.17, 15) is 9.18 Å². The van der Waals surface area contributed by atoms with Gasteiger partial charge < -0.3 is 10.2 Å². The molecule has 2 N–H and O–H groups in total. The fourth-order valence-corrected chi connectivity index (χ4v) is 2.71. The molecular weight excluding hydrogens is 255 g/mol. The van der Waals surface area contributed by atoms with Crippen LogP contribution in [0.1, 0.15) is 23.2 Å². The zero-order valence-electron chi connectivity index (χ0n) is 9.48. The van der Waals surface area contributed by atoms with Gasteiger partial charge in [-0.15, -0.1) is 0 Å². The minimum absolute atomic E-state index is 0.0378. The highest BCUT2D eigenvalue weighted by molar-refractivity contribution is 7.99. The molecule has 3 rings (SSSR count). The molecule has 2 aromatic rings. The molecule has 0 spiro atoms. The summed E-state index contributed by atoms with van der Waals surface area (Å²) in [7, 11) is 0. The second-order valence-corrected chi connectivity index (χ2v) is 5.37. The van der Waals surface area contributed by atoms with Crippen molar-refractivity contribution in [2.75, 3.05) is 5.75 Å². The number of amides is 1. The molecule has 0 saturated heterocycles. The van der Waals surface area contributed by atoms with Crippen LogP contribution in [0.5, 0.6) is 0 Å². The van der Waals surface area contributed by atoms with Crippen LogP contribution in [0.2, 0.25) is 0 Å². The Bertz CT molecular complexity index is 622. The van der Waals surface area contributed by atoms with E-state index in [1.54, 1.807) is 0 Å². The molecule has 1 aromatic carbocycles. The third kappa shape index (κ3) is 2.20. The van der Waals surface area contributed by atoms with E-state index in [1.165, 1.54) is 30.7 Å². The number of hydrogen-bond donors (Lipinski definition) is 1. The average Bonchev–Trinajstić information content (AvgIpc) is 3.05. The van der Waals surface area contributed by atoms with Gasteiger partial charge in [0, 0.05) is 11.8 Å². The van der Waals surface area contributed by atoms with Crippen LogP contribution >= 0.6 is 11.8 Å². The van der Waals surface area contributed by atoms with Gasteiger partial charge in [-0.05, 0) is 24.8 Å². The molecule has 1 fully saturated rings. The molecule has 18 heavy (non-hydrogen) atoms. The van der Waals surface area contributed by atoms with Gasteiger partial charge in [-0.1, -0.05) is 11.8 Å². The van der Waals surface area contributed by atoms with Crippen molar-refractivity contribution in [1.29, 1.82) is 0 Å². The number of hydrogen-bond acceptors (Lipinski definition) is 4. The quantitative estimate of drug-likeness (QED) is 0.863. The molecule has 1 aliphatic rings. The lowest BCUT2D eigenvalue weighted by Gasteiger charge is -1.96. The number of nitrogens with two attached hydrogens (primary N) is 1. The molecule has 1 aromatic heterocycles. The van der Waals surface area contributed by atoms with Crippen molar-refractivity contribution in [3.8, 4) is 0 Å². The molecular formula is C12H11FN2O2S. The van der Waals surface area contributed by atoms with Gasteiger partial charge in [0.2, 0.25) is 0 Å². The summed E-state index contributed by atoms with van der Waals surface area (Å²) in [6.45, 7) is 0. The van der Waals surface area contributed by atoms with Gasteiger partial charge in [-0.25, -0.2) is 9.37 Å². The summed E-state index contributed by atoms with van der Waals surface area (Å²) < 4.78 is 18.8. The molecule has 6 heteroatoms. The lowest BCUT2D eigenvalue weighted by atomic mass is 10.2. The van der Waals surface area contributed by atoms with Crippen LogP contribution in [-0.4, -0.2) is 16.6 Å². The summed E-state index contributed by atoms with van der Waals surface area (Å²) in [5.74, 6) is 0.427. The Morgan fingerprint density at radius 2 is 2.33 bits per heavy atom. The summed E-state index contributed by atoms with van der Waals surface area (Å²) >= 11 is 1.49. The number of benzene rings is 1. The normalized spacial score (nSPS) is 15.2. The fraction of sp³-hybridized carbons (Fsp3) is 0.333. The SMILES string of the molecule is NC(=O)c1cc(F)cc2nc(SCC3CC3)oc12. The second kappa shape index (κ2) is 4.28. The van der Waals surface area contributed by atoms with E-state index in [4.69, 9.17) is 10.2 Å². The Morgan fingerprint density at radius 1 is 1.56 bits per heavy atom. The number of carbonyl (C=O) groups excluding carboxylic acids is 1.